The van der Waals surface area contributed by atoms with Gasteiger partial charge in [0.1, 0.15) is 5.75 Å². The third kappa shape index (κ3) is 4.69. The van der Waals surface area contributed by atoms with Crippen LogP contribution in [0.15, 0.2) is 18.2 Å². The summed E-state index contributed by atoms with van der Waals surface area (Å²) in [4.78, 5) is 17.0. The summed E-state index contributed by atoms with van der Waals surface area (Å²) in [6.45, 7) is 12.1. The lowest BCUT2D eigenvalue weighted by Crippen LogP contribution is -2.39. The van der Waals surface area contributed by atoms with E-state index < -0.39 is 0 Å². The molecule has 0 atom stereocenters. The number of anilines is 1. The molecule has 0 aromatic heterocycles. The second-order valence-corrected chi connectivity index (χ2v) is 5.60. The summed E-state index contributed by atoms with van der Waals surface area (Å²) in [5, 5.41) is 0. The Kier molecular flexibility index (Phi) is 6.86. The van der Waals surface area contributed by atoms with E-state index in [0.717, 1.165) is 31.9 Å². The van der Waals surface area contributed by atoms with Crippen molar-refractivity contribution in [2.75, 3.05) is 57.4 Å². The summed E-state index contributed by atoms with van der Waals surface area (Å²) in [5.41, 5.74) is 1.77. The molecule has 1 aromatic carbocycles. The van der Waals surface area contributed by atoms with E-state index in [1.54, 1.807) is 0 Å². The lowest BCUT2D eigenvalue weighted by molar-refractivity contribution is 0.0370. The van der Waals surface area contributed by atoms with Crippen molar-refractivity contribution in [3.63, 3.8) is 0 Å². The Morgan fingerprint density at radius 3 is 2.52 bits per heavy atom. The summed E-state index contributed by atoms with van der Waals surface area (Å²) in [6.07, 6.45) is 0. The fourth-order valence-electron chi connectivity index (χ4n) is 2.85. The molecule has 0 N–H and O–H groups in total. The molecule has 1 aliphatic heterocycles. The molecule has 1 saturated heterocycles. The van der Waals surface area contributed by atoms with Gasteiger partial charge in [-0.05, 0) is 32.9 Å². The number of Topliss-reactive ketones (excluding diaryl/α,β-unsaturated/α-hetero) is 1. The fourth-order valence-corrected chi connectivity index (χ4v) is 2.85. The zero-order chi connectivity index (χ0) is 16.7. The van der Waals surface area contributed by atoms with Crippen molar-refractivity contribution in [2.45, 2.75) is 20.8 Å². The second-order valence-electron chi connectivity index (χ2n) is 5.60. The minimum absolute atomic E-state index is 0.112. The molecule has 0 unspecified atom stereocenters. The number of nitrogens with zero attached hydrogens (tertiary/aromatic N) is 2. The SMILES string of the molecule is CCOc1cc(N(CC)CC)ccc1C(=O)CN1CCOCC1. The summed E-state index contributed by atoms with van der Waals surface area (Å²) in [6, 6.07) is 5.91. The number of rotatable bonds is 8. The number of ketones is 1. The molecular weight excluding hydrogens is 292 g/mol. The Balaban J connectivity index is 2.17. The quantitative estimate of drug-likeness (QED) is 0.688. The van der Waals surface area contributed by atoms with Crippen LogP contribution in [0.5, 0.6) is 5.75 Å². The molecule has 1 heterocycles. The van der Waals surface area contributed by atoms with Crippen LogP contribution < -0.4 is 9.64 Å². The van der Waals surface area contributed by atoms with E-state index in [2.05, 4.69) is 23.6 Å². The lowest BCUT2D eigenvalue weighted by Gasteiger charge is -2.26. The minimum Gasteiger partial charge on any atom is -0.493 e. The largest absolute Gasteiger partial charge is 0.493 e. The Hall–Kier alpha value is -1.59. The molecule has 5 nitrogen and oxygen atoms in total. The predicted octanol–water partition coefficient (Wildman–Crippen LogP) is 2.45. The van der Waals surface area contributed by atoms with Crippen LogP contribution in [0.2, 0.25) is 0 Å². The van der Waals surface area contributed by atoms with Gasteiger partial charge in [-0.3, -0.25) is 9.69 Å². The highest BCUT2D eigenvalue weighted by molar-refractivity contribution is 6.00. The van der Waals surface area contributed by atoms with Gasteiger partial charge in [-0.15, -0.1) is 0 Å². The second kappa shape index (κ2) is 8.89. The van der Waals surface area contributed by atoms with Crippen LogP contribution in [-0.2, 0) is 4.74 Å². The van der Waals surface area contributed by atoms with Crippen molar-refractivity contribution in [1.82, 2.24) is 4.90 Å². The Bertz CT molecular complexity index is 509. The van der Waals surface area contributed by atoms with Gasteiger partial charge in [-0.2, -0.15) is 0 Å². The maximum atomic E-state index is 12.7. The van der Waals surface area contributed by atoms with Crippen molar-refractivity contribution in [2.24, 2.45) is 0 Å². The molecule has 0 amide bonds. The van der Waals surface area contributed by atoms with E-state index >= 15 is 0 Å². The molecule has 1 fully saturated rings. The highest BCUT2D eigenvalue weighted by atomic mass is 16.5. The molecular formula is C18H28N2O3. The van der Waals surface area contributed by atoms with Crippen LogP contribution in [0.3, 0.4) is 0 Å². The first-order chi connectivity index (χ1) is 11.2. The highest BCUT2D eigenvalue weighted by Crippen LogP contribution is 2.26. The Morgan fingerprint density at radius 1 is 1.22 bits per heavy atom. The summed E-state index contributed by atoms with van der Waals surface area (Å²) in [7, 11) is 0. The molecule has 0 spiro atoms. The Labute approximate surface area is 139 Å². The normalized spacial score (nSPS) is 15.4. The van der Waals surface area contributed by atoms with Gasteiger partial charge in [0.05, 0.1) is 31.9 Å². The molecule has 1 aromatic rings. The topological polar surface area (TPSA) is 42.0 Å². The van der Waals surface area contributed by atoms with Crippen molar-refractivity contribution < 1.29 is 14.3 Å². The van der Waals surface area contributed by atoms with Gasteiger partial charge < -0.3 is 14.4 Å². The van der Waals surface area contributed by atoms with Crippen molar-refractivity contribution in [3.05, 3.63) is 23.8 Å². The Morgan fingerprint density at radius 2 is 1.91 bits per heavy atom. The molecule has 128 valence electrons. The van der Waals surface area contributed by atoms with Gasteiger partial charge in [0, 0.05) is 37.9 Å². The molecule has 0 aliphatic carbocycles. The smallest absolute Gasteiger partial charge is 0.180 e. The third-order valence-electron chi connectivity index (χ3n) is 4.16. The van der Waals surface area contributed by atoms with E-state index in [9.17, 15) is 4.79 Å². The monoisotopic (exact) mass is 320 g/mol. The summed E-state index contributed by atoms with van der Waals surface area (Å²) in [5.74, 6) is 0.802. The average Bonchev–Trinajstić information content (AvgIpc) is 2.57. The van der Waals surface area contributed by atoms with Gasteiger partial charge in [0.25, 0.3) is 0 Å². The van der Waals surface area contributed by atoms with Crippen LogP contribution in [0, 0.1) is 0 Å². The maximum Gasteiger partial charge on any atom is 0.180 e. The first-order valence-electron chi connectivity index (χ1n) is 8.54. The van der Waals surface area contributed by atoms with E-state index in [1.807, 2.05) is 25.1 Å². The molecule has 0 saturated carbocycles. The number of hydrogen-bond donors (Lipinski definition) is 0. The predicted molar refractivity (Wildman–Crippen MR) is 92.8 cm³/mol. The van der Waals surface area contributed by atoms with Crippen LogP contribution >= 0.6 is 0 Å². The number of benzene rings is 1. The summed E-state index contributed by atoms with van der Waals surface area (Å²) >= 11 is 0. The van der Waals surface area contributed by atoms with E-state index in [0.29, 0.717) is 37.7 Å². The molecule has 5 heteroatoms. The third-order valence-corrected chi connectivity index (χ3v) is 4.16. The van der Waals surface area contributed by atoms with Crippen LogP contribution in [0.1, 0.15) is 31.1 Å². The standard InChI is InChI=1S/C18H28N2O3/c1-4-20(5-2)15-7-8-16(18(13-15)23-6-3)17(21)14-19-9-11-22-12-10-19/h7-8,13H,4-6,9-12,14H2,1-3H3. The number of carbonyl (C=O) groups excluding carboxylic acids is 1. The number of hydrogen-bond acceptors (Lipinski definition) is 5. The first-order valence-corrected chi connectivity index (χ1v) is 8.54. The molecule has 23 heavy (non-hydrogen) atoms. The zero-order valence-corrected chi connectivity index (χ0v) is 14.5. The van der Waals surface area contributed by atoms with Gasteiger partial charge >= 0.3 is 0 Å². The van der Waals surface area contributed by atoms with E-state index in [1.165, 1.54) is 0 Å². The summed E-state index contributed by atoms with van der Waals surface area (Å²) < 4.78 is 11.1. The zero-order valence-electron chi connectivity index (χ0n) is 14.5. The molecule has 2 rings (SSSR count). The van der Waals surface area contributed by atoms with Crippen molar-refractivity contribution in [1.29, 1.82) is 0 Å². The number of ether oxygens (including phenoxy) is 2. The molecule has 0 bridgehead atoms. The van der Waals surface area contributed by atoms with Crippen LogP contribution in [0.4, 0.5) is 5.69 Å². The maximum absolute atomic E-state index is 12.7. The van der Waals surface area contributed by atoms with E-state index in [4.69, 9.17) is 9.47 Å². The van der Waals surface area contributed by atoms with Crippen molar-refractivity contribution >= 4 is 11.5 Å². The lowest BCUT2D eigenvalue weighted by atomic mass is 10.1. The van der Waals surface area contributed by atoms with Crippen molar-refractivity contribution in [3.8, 4) is 5.75 Å². The number of morpholine rings is 1. The van der Waals surface area contributed by atoms with Gasteiger partial charge in [-0.1, -0.05) is 0 Å². The van der Waals surface area contributed by atoms with Gasteiger partial charge in [0.15, 0.2) is 5.78 Å². The first kappa shape index (κ1) is 17.8. The average molecular weight is 320 g/mol. The van der Waals surface area contributed by atoms with Gasteiger partial charge in [-0.25, -0.2) is 0 Å². The molecule has 0 radical (unpaired) electrons. The van der Waals surface area contributed by atoms with Crippen LogP contribution in [-0.4, -0.2) is 63.2 Å². The number of carbonyl (C=O) groups is 1. The van der Waals surface area contributed by atoms with Gasteiger partial charge in [0.2, 0.25) is 0 Å². The highest BCUT2D eigenvalue weighted by Gasteiger charge is 2.19. The molecule has 1 aliphatic rings. The minimum atomic E-state index is 0.112. The fraction of sp³-hybridized carbons (Fsp3) is 0.611. The van der Waals surface area contributed by atoms with Crippen LogP contribution in [0.25, 0.3) is 0 Å². The van der Waals surface area contributed by atoms with E-state index in [-0.39, 0.29) is 5.78 Å².